The summed E-state index contributed by atoms with van der Waals surface area (Å²) in [6.45, 7) is 3.69. The molecule has 3 N–H and O–H groups in total. The molecule has 102 valence electrons. The molecule has 0 aliphatic carbocycles. The highest BCUT2D eigenvalue weighted by molar-refractivity contribution is 5.77. The Kier molecular flexibility index (Phi) is 8.17. The molecule has 0 aromatic rings. The van der Waals surface area contributed by atoms with Crippen molar-refractivity contribution in [2.75, 3.05) is 6.61 Å². The Bertz CT molecular complexity index is 215. The molecule has 0 aromatic heterocycles. The van der Waals surface area contributed by atoms with Gasteiger partial charge in [-0.15, -0.1) is 0 Å². The lowest BCUT2D eigenvalue weighted by molar-refractivity contribution is -0.163. The molecule has 0 saturated heterocycles. The van der Waals surface area contributed by atoms with E-state index in [2.05, 4.69) is 13.8 Å². The molecule has 17 heavy (non-hydrogen) atoms. The summed E-state index contributed by atoms with van der Waals surface area (Å²) in [6, 6.07) is 0. The number of aliphatic hydroxyl groups is 2. The zero-order valence-corrected chi connectivity index (χ0v) is 11.0. The standard InChI is InChI=1S/C13H26O4/c1-11(2)8-6-4-3-5-7-9-13(17,10-14)12(15)16/h11,14,17H,3-10H2,1-2H3,(H,15,16). The molecule has 0 saturated carbocycles. The molecule has 0 aromatic carbocycles. The van der Waals surface area contributed by atoms with Crippen LogP contribution < -0.4 is 0 Å². The van der Waals surface area contributed by atoms with Gasteiger partial charge >= 0.3 is 5.97 Å². The summed E-state index contributed by atoms with van der Waals surface area (Å²) in [6.07, 6.45) is 6.34. The van der Waals surface area contributed by atoms with E-state index in [0.29, 0.717) is 6.42 Å². The summed E-state index contributed by atoms with van der Waals surface area (Å²) >= 11 is 0. The van der Waals surface area contributed by atoms with Crippen molar-refractivity contribution in [1.82, 2.24) is 0 Å². The van der Waals surface area contributed by atoms with Crippen LogP contribution in [0.1, 0.15) is 58.8 Å². The van der Waals surface area contributed by atoms with E-state index in [1.165, 1.54) is 12.8 Å². The molecule has 0 fully saturated rings. The van der Waals surface area contributed by atoms with Crippen LogP contribution >= 0.6 is 0 Å². The van der Waals surface area contributed by atoms with Gasteiger partial charge in [0, 0.05) is 0 Å². The van der Waals surface area contributed by atoms with E-state index in [0.717, 1.165) is 25.2 Å². The van der Waals surface area contributed by atoms with Gasteiger partial charge in [-0.3, -0.25) is 0 Å². The van der Waals surface area contributed by atoms with Crippen molar-refractivity contribution in [2.45, 2.75) is 64.4 Å². The van der Waals surface area contributed by atoms with Gasteiger partial charge in [0.25, 0.3) is 0 Å². The summed E-state index contributed by atoms with van der Waals surface area (Å²) in [5.74, 6) is -0.596. The highest BCUT2D eigenvalue weighted by atomic mass is 16.4. The Morgan fingerprint density at radius 1 is 1.12 bits per heavy atom. The largest absolute Gasteiger partial charge is 0.479 e. The van der Waals surface area contributed by atoms with Crippen LogP contribution in [-0.4, -0.2) is 33.5 Å². The average Bonchev–Trinajstić information content (AvgIpc) is 2.26. The van der Waals surface area contributed by atoms with E-state index in [9.17, 15) is 9.90 Å². The van der Waals surface area contributed by atoms with Crippen molar-refractivity contribution in [1.29, 1.82) is 0 Å². The monoisotopic (exact) mass is 246 g/mol. The smallest absolute Gasteiger partial charge is 0.338 e. The van der Waals surface area contributed by atoms with Gasteiger partial charge in [0.2, 0.25) is 0 Å². The predicted octanol–water partition coefficient (Wildman–Crippen LogP) is 2.18. The summed E-state index contributed by atoms with van der Waals surface area (Å²) in [4.78, 5) is 10.7. The molecular weight excluding hydrogens is 220 g/mol. The number of aliphatic hydroxyl groups excluding tert-OH is 1. The van der Waals surface area contributed by atoms with Crippen LogP contribution in [0.5, 0.6) is 0 Å². The second-order valence-electron chi connectivity index (χ2n) is 5.20. The summed E-state index contributed by atoms with van der Waals surface area (Å²) in [5.41, 5.74) is -1.95. The van der Waals surface area contributed by atoms with E-state index in [-0.39, 0.29) is 6.42 Å². The molecular formula is C13H26O4. The fourth-order valence-electron chi connectivity index (χ4n) is 1.75. The predicted molar refractivity (Wildman–Crippen MR) is 66.8 cm³/mol. The number of rotatable bonds is 10. The molecule has 1 unspecified atom stereocenters. The first-order valence-electron chi connectivity index (χ1n) is 6.49. The SMILES string of the molecule is CC(C)CCCCCCCC(O)(CO)C(=O)O. The first-order valence-corrected chi connectivity index (χ1v) is 6.49. The van der Waals surface area contributed by atoms with Gasteiger partial charge in [0.15, 0.2) is 5.60 Å². The van der Waals surface area contributed by atoms with Crippen LogP contribution in [0, 0.1) is 5.92 Å². The van der Waals surface area contributed by atoms with E-state index < -0.39 is 18.2 Å². The molecule has 0 radical (unpaired) electrons. The molecule has 1 atom stereocenters. The lowest BCUT2D eigenvalue weighted by Gasteiger charge is -2.20. The molecule has 0 heterocycles. The number of hydrogen-bond donors (Lipinski definition) is 3. The van der Waals surface area contributed by atoms with Gasteiger partial charge in [-0.25, -0.2) is 4.79 Å². The maximum atomic E-state index is 10.7. The lowest BCUT2D eigenvalue weighted by Crippen LogP contribution is -2.42. The number of carboxylic acids is 1. The van der Waals surface area contributed by atoms with E-state index in [4.69, 9.17) is 10.2 Å². The van der Waals surface area contributed by atoms with Gasteiger partial charge in [0.05, 0.1) is 6.61 Å². The molecule has 0 aliphatic heterocycles. The number of hydrogen-bond acceptors (Lipinski definition) is 3. The number of carbonyl (C=O) groups is 1. The van der Waals surface area contributed by atoms with Gasteiger partial charge in [-0.05, 0) is 18.8 Å². The third kappa shape index (κ3) is 7.34. The molecule has 0 aliphatic rings. The van der Waals surface area contributed by atoms with Gasteiger partial charge in [0.1, 0.15) is 0 Å². The Balaban J connectivity index is 3.53. The van der Waals surface area contributed by atoms with Crippen LogP contribution in [0.4, 0.5) is 0 Å². The fourth-order valence-corrected chi connectivity index (χ4v) is 1.75. The highest BCUT2D eigenvalue weighted by Crippen LogP contribution is 2.17. The quantitative estimate of drug-likeness (QED) is 0.516. The maximum absolute atomic E-state index is 10.7. The summed E-state index contributed by atoms with van der Waals surface area (Å²) in [7, 11) is 0. The third-order valence-corrected chi connectivity index (χ3v) is 3.03. The van der Waals surface area contributed by atoms with Crippen molar-refractivity contribution < 1.29 is 20.1 Å². The minimum absolute atomic E-state index is 0.128. The van der Waals surface area contributed by atoms with Crippen LogP contribution in [0.2, 0.25) is 0 Å². The van der Waals surface area contributed by atoms with Crippen LogP contribution in [-0.2, 0) is 4.79 Å². The van der Waals surface area contributed by atoms with Crippen LogP contribution in [0.15, 0.2) is 0 Å². The Morgan fingerprint density at radius 3 is 2.12 bits per heavy atom. The summed E-state index contributed by atoms with van der Waals surface area (Å²) < 4.78 is 0. The van der Waals surface area contributed by atoms with Crippen molar-refractivity contribution in [3.05, 3.63) is 0 Å². The number of aliphatic carboxylic acids is 1. The lowest BCUT2D eigenvalue weighted by atomic mass is 9.96. The molecule has 0 rings (SSSR count). The molecule has 4 heteroatoms. The minimum atomic E-state index is -1.95. The Morgan fingerprint density at radius 2 is 1.65 bits per heavy atom. The first kappa shape index (κ1) is 16.4. The average molecular weight is 246 g/mol. The minimum Gasteiger partial charge on any atom is -0.479 e. The zero-order chi connectivity index (χ0) is 13.3. The normalized spacial score (nSPS) is 14.9. The van der Waals surface area contributed by atoms with E-state index >= 15 is 0 Å². The Labute approximate surface area is 104 Å². The number of carboxylic acid groups (broad SMARTS) is 1. The maximum Gasteiger partial charge on any atom is 0.338 e. The van der Waals surface area contributed by atoms with Crippen molar-refractivity contribution in [3.8, 4) is 0 Å². The van der Waals surface area contributed by atoms with Gasteiger partial charge in [-0.2, -0.15) is 0 Å². The third-order valence-electron chi connectivity index (χ3n) is 3.03. The molecule has 0 bridgehead atoms. The van der Waals surface area contributed by atoms with Crippen LogP contribution in [0.25, 0.3) is 0 Å². The van der Waals surface area contributed by atoms with Crippen molar-refractivity contribution in [3.63, 3.8) is 0 Å². The zero-order valence-electron chi connectivity index (χ0n) is 11.0. The first-order chi connectivity index (χ1) is 7.92. The van der Waals surface area contributed by atoms with Crippen LogP contribution in [0.3, 0.4) is 0 Å². The summed E-state index contributed by atoms with van der Waals surface area (Å²) in [5, 5.41) is 27.1. The molecule has 0 spiro atoms. The Hall–Kier alpha value is -0.610. The highest BCUT2D eigenvalue weighted by Gasteiger charge is 2.34. The second kappa shape index (κ2) is 8.48. The van der Waals surface area contributed by atoms with Gasteiger partial charge in [-0.1, -0.05) is 46.0 Å². The van der Waals surface area contributed by atoms with Gasteiger partial charge < -0.3 is 15.3 Å². The second-order valence-corrected chi connectivity index (χ2v) is 5.20. The fraction of sp³-hybridized carbons (Fsp3) is 0.923. The van der Waals surface area contributed by atoms with Crippen molar-refractivity contribution in [2.24, 2.45) is 5.92 Å². The molecule has 4 nitrogen and oxygen atoms in total. The van der Waals surface area contributed by atoms with E-state index in [1.807, 2.05) is 0 Å². The molecule has 0 amide bonds. The van der Waals surface area contributed by atoms with E-state index in [1.54, 1.807) is 0 Å². The van der Waals surface area contributed by atoms with Crippen molar-refractivity contribution >= 4 is 5.97 Å². The number of unbranched alkanes of at least 4 members (excludes halogenated alkanes) is 4. The topological polar surface area (TPSA) is 77.8 Å².